The number of likely N-dealkylation sites (N-methyl/N-ethyl adjacent to an activating group) is 1. The molecule has 0 radical (unpaired) electrons. The summed E-state index contributed by atoms with van der Waals surface area (Å²) < 4.78 is 6.55. The molecule has 0 aliphatic rings. The second-order valence-corrected chi connectivity index (χ2v) is 5.69. The molecule has 0 heterocycles. The Kier molecular flexibility index (Phi) is 5.22. The lowest BCUT2D eigenvalue weighted by Gasteiger charge is -2.17. The fourth-order valence-corrected chi connectivity index (χ4v) is 2.46. The summed E-state index contributed by atoms with van der Waals surface area (Å²) in [6, 6.07) is 17.2. The quantitative estimate of drug-likeness (QED) is 0.812. The molecule has 0 aliphatic heterocycles. The lowest BCUT2D eigenvalue weighted by atomic mass is 9.99. The first-order valence-corrected chi connectivity index (χ1v) is 7.36. The van der Waals surface area contributed by atoms with Crippen molar-refractivity contribution in [3.05, 3.63) is 63.2 Å². The predicted molar refractivity (Wildman–Crippen MR) is 87.7 cm³/mol. The molecule has 100 valence electrons. The Morgan fingerprint density at radius 1 is 1.16 bits per heavy atom. The van der Waals surface area contributed by atoms with Gasteiger partial charge in [-0.2, -0.15) is 0 Å². The van der Waals surface area contributed by atoms with Crippen molar-refractivity contribution in [3.8, 4) is 5.75 Å². The maximum absolute atomic E-state index is 5.29. The smallest absolute Gasteiger partial charge is 0.119 e. The Balaban J connectivity index is 2.17. The first-order chi connectivity index (χ1) is 9.22. The standard InChI is InChI=1S/C16H18INO/c1-18-16(10-12-6-8-14(17)9-7-12)13-4-3-5-15(11-13)19-2/h3-9,11,16,18H,10H2,1-2H3. The molecule has 2 aromatic rings. The average Bonchev–Trinajstić information content (AvgIpc) is 2.46. The van der Waals surface area contributed by atoms with Crippen LogP contribution in [-0.4, -0.2) is 14.2 Å². The third-order valence-corrected chi connectivity index (χ3v) is 3.92. The van der Waals surface area contributed by atoms with Gasteiger partial charge in [-0.05, 0) is 71.5 Å². The van der Waals surface area contributed by atoms with Gasteiger partial charge in [0, 0.05) is 9.61 Å². The van der Waals surface area contributed by atoms with Crippen LogP contribution in [0.5, 0.6) is 5.75 Å². The molecule has 2 nitrogen and oxygen atoms in total. The monoisotopic (exact) mass is 367 g/mol. The van der Waals surface area contributed by atoms with Gasteiger partial charge >= 0.3 is 0 Å². The van der Waals surface area contributed by atoms with Gasteiger partial charge in [0.1, 0.15) is 5.75 Å². The van der Waals surface area contributed by atoms with Crippen LogP contribution in [0.15, 0.2) is 48.5 Å². The van der Waals surface area contributed by atoms with E-state index < -0.39 is 0 Å². The molecule has 0 spiro atoms. The third kappa shape index (κ3) is 3.94. The van der Waals surface area contributed by atoms with Crippen LogP contribution in [0.1, 0.15) is 17.2 Å². The van der Waals surface area contributed by atoms with Crippen LogP contribution in [-0.2, 0) is 6.42 Å². The molecule has 1 N–H and O–H groups in total. The number of rotatable bonds is 5. The molecule has 2 rings (SSSR count). The maximum Gasteiger partial charge on any atom is 0.119 e. The zero-order chi connectivity index (χ0) is 13.7. The minimum atomic E-state index is 0.301. The molecule has 0 fully saturated rings. The molecule has 0 amide bonds. The summed E-state index contributed by atoms with van der Waals surface area (Å²) >= 11 is 2.33. The summed E-state index contributed by atoms with van der Waals surface area (Å²) in [7, 11) is 3.70. The number of hydrogen-bond acceptors (Lipinski definition) is 2. The van der Waals surface area contributed by atoms with E-state index in [0.29, 0.717) is 6.04 Å². The van der Waals surface area contributed by atoms with Gasteiger partial charge in [-0.3, -0.25) is 0 Å². The zero-order valence-electron chi connectivity index (χ0n) is 11.2. The molecule has 0 aliphatic carbocycles. The van der Waals surface area contributed by atoms with Crippen LogP contribution in [0.2, 0.25) is 0 Å². The minimum absolute atomic E-state index is 0.301. The Bertz CT molecular complexity index is 525. The van der Waals surface area contributed by atoms with Gasteiger partial charge in [-0.1, -0.05) is 24.3 Å². The molecule has 0 bridgehead atoms. The van der Waals surface area contributed by atoms with Crippen molar-refractivity contribution in [2.75, 3.05) is 14.2 Å². The molecule has 1 unspecified atom stereocenters. The highest BCUT2D eigenvalue weighted by molar-refractivity contribution is 14.1. The summed E-state index contributed by atoms with van der Waals surface area (Å²) in [6.45, 7) is 0. The zero-order valence-corrected chi connectivity index (χ0v) is 13.3. The van der Waals surface area contributed by atoms with E-state index in [1.807, 2.05) is 19.2 Å². The van der Waals surface area contributed by atoms with Crippen molar-refractivity contribution < 1.29 is 4.74 Å². The third-order valence-electron chi connectivity index (χ3n) is 3.20. The predicted octanol–water partition coefficient (Wildman–Crippen LogP) is 3.80. The van der Waals surface area contributed by atoms with Crippen LogP contribution in [0.3, 0.4) is 0 Å². The van der Waals surface area contributed by atoms with Crippen LogP contribution < -0.4 is 10.1 Å². The SMILES string of the molecule is CNC(Cc1ccc(I)cc1)c1cccc(OC)c1. The second-order valence-electron chi connectivity index (χ2n) is 4.45. The van der Waals surface area contributed by atoms with E-state index in [0.717, 1.165) is 12.2 Å². The Morgan fingerprint density at radius 2 is 1.89 bits per heavy atom. The Hall–Kier alpha value is -1.07. The highest BCUT2D eigenvalue weighted by Gasteiger charge is 2.10. The molecular formula is C16H18INO. The largest absolute Gasteiger partial charge is 0.497 e. The first-order valence-electron chi connectivity index (χ1n) is 6.28. The second kappa shape index (κ2) is 6.91. The highest BCUT2D eigenvalue weighted by atomic mass is 127. The average molecular weight is 367 g/mol. The van der Waals surface area contributed by atoms with Crippen LogP contribution >= 0.6 is 22.6 Å². The number of hydrogen-bond donors (Lipinski definition) is 1. The van der Waals surface area contributed by atoms with E-state index in [9.17, 15) is 0 Å². The van der Waals surface area contributed by atoms with Crippen molar-refractivity contribution in [1.82, 2.24) is 5.32 Å². The van der Waals surface area contributed by atoms with Gasteiger partial charge in [0.25, 0.3) is 0 Å². The van der Waals surface area contributed by atoms with Crippen LogP contribution in [0.25, 0.3) is 0 Å². The minimum Gasteiger partial charge on any atom is -0.497 e. The molecule has 1 atom stereocenters. The van der Waals surface area contributed by atoms with Gasteiger partial charge in [0.2, 0.25) is 0 Å². The van der Waals surface area contributed by atoms with Crippen molar-refractivity contribution in [2.24, 2.45) is 0 Å². The molecular weight excluding hydrogens is 349 g/mol. The topological polar surface area (TPSA) is 21.3 Å². The van der Waals surface area contributed by atoms with Gasteiger partial charge in [0.15, 0.2) is 0 Å². The number of methoxy groups -OCH3 is 1. The Labute approximate surface area is 128 Å². The van der Waals surface area contributed by atoms with E-state index in [-0.39, 0.29) is 0 Å². The lowest BCUT2D eigenvalue weighted by molar-refractivity contribution is 0.413. The van der Waals surface area contributed by atoms with E-state index in [1.54, 1.807) is 7.11 Å². The van der Waals surface area contributed by atoms with Gasteiger partial charge in [-0.15, -0.1) is 0 Å². The summed E-state index contributed by atoms with van der Waals surface area (Å²) in [5, 5.41) is 3.38. The number of halogens is 1. The fraction of sp³-hybridized carbons (Fsp3) is 0.250. The van der Waals surface area contributed by atoms with Gasteiger partial charge < -0.3 is 10.1 Å². The summed E-state index contributed by atoms with van der Waals surface area (Å²) in [6.07, 6.45) is 0.973. The number of ether oxygens (including phenoxy) is 1. The number of nitrogens with one attached hydrogen (secondary N) is 1. The molecule has 2 aromatic carbocycles. The molecule has 19 heavy (non-hydrogen) atoms. The van der Waals surface area contributed by atoms with Crippen molar-refractivity contribution in [2.45, 2.75) is 12.5 Å². The normalized spacial score (nSPS) is 12.2. The fourth-order valence-electron chi connectivity index (χ4n) is 2.10. The number of benzene rings is 2. The van der Waals surface area contributed by atoms with Crippen LogP contribution in [0.4, 0.5) is 0 Å². The van der Waals surface area contributed by atoms with Crippen molar-refractivity contribution >= 4 is 22.6 Å². The molecule has 0 saturated carbocycles. The molecule has 3 heteroatoms. The first kappa shape index (κ1) is 14.3. The van der Waals surface area contributed by atoms with Crippen LogP contribution in [0, 0.1) is 3.57 Å². The van der Waals surface area contributed by atoms with E-state index in [4.69, 9.17) is 4.74 Å². The maximum atomic E-state index is 5.29. The van der Waals surface area contributed by atoms with Gasteiger partial charge in [-0.25, -0.2) is 0 Å². The molecule has 0 aromatic heterocycles. The summed E-state index contributed by atoms with van der Waals surface area (Å²) in [5.74, 6) is 0.903. The summed E-state index contributed by atoms with van der Waals surface area (Å²) in [5.41, 5.74) is 2.59. The van der Waals surface area contributed by atoms with Crippen molar-refractivity contribution in [3.63, 3.8) is 0 Å². The Morgan fingerprint density at radius 3 is 2.53 bits per heavy atom. The summed E-state index contributed by atoms with van der Waals surface area (Å²) in [4.78, 5) is 0. The van der Waals surface area contributed by atoms with E-state index >= 15 is 0 Å². The van der Waals surface area contributed by atoms with Crippen molar-refractivity contribution in [1.29, 1.82) is 0 Å². The van der Waals surface area contributed by atoms with E-state index in [2.05, 4.69) is 64.3 Å². The van der Waals surface area contributed by atoms with Gasteiger partial charge in [0.05, 0.1) is 7.11 Å². The lowest BCUT2D eigenvalue weighted by Crippen LogP contribution is -2.18. The highest BCUT2D eigenvalue weighted by Crippen LogP contribution is 2.22. The molecule has 0 saturated heterocycles. The van der Waals surface area contributed by atoms with E-state index in [1.165, 1.54) is 14.7 Å².